The molecule has 1 aliphatic carbocycles. The van der Waals surface area contributed by atoms with Crippen LogP contribution in [0.2, 0.25) is 0 Å². The third-order valence-corrected chi connectivity index (χ3v) is 3.98. The van der Waals surface area contributed by atoms with Crippen molar-refractivity contribution < 1.29 is 0 Å². The summed E-state index contributed by atoms with van der Waals surface area (Å²) in [4.78, 5) is 0. The number of piperidine rings is 1. The highest BCUT2D eigenvalue weighted by molar-refractivity contribution is 4.73. The van der Waals surface area contributed by atoms with Crippen LogP contribution in [0.25, 0.3) is 0 Å². The van der Waals surface area contributed by atoms with Gasteiger partial charge in [-0.15, -0.1) is 0 Å². The molecule has 1 heterocycles. The molecule has 15 heavy (non-hydrogen) atoms. The van der Waals surface area contributed by atoms with Gasteiger partial charge in [0.25, 0.3) is 0 Å². The molecule has 2 aliphatic rings. The Kier molecular flexibility index (Phi) is 4.45. The summed E-state index contributed by atoms with van der Waals surface area (Å²) in [5.41, 5.74) is 3.75. The molecule has 2 atom stereocenters. The lowest BCUT2D eigenvalue weighted by Gasteiger charge is -2.31. The van der Waals surface area contributed by atoms with Crippen LogP contribution in [0, 0.1) is 5.92 Å². The molecule has 2 rings (SSSR count). The van der Waals surface area contributed by atoms with E-state index in [2.05, 4.69) is 17.4 Å². The molecular formula is C13H26N2. The first-order valence-corrected chi connectivity index (χ1v) is 6.86. The predicted octanol–water partition coefficient (Wildman–Crippen LogP) is 2.95. The zero-order valence-corrected chi connectivity index (χ0v) is 10.2. The summed E-state index contributed by atoms with van der Waals surface area (Å²) in [6.07, 6.45) is 11.3. The third kappa shape index (κ3) is 3.76. The van der Waals surface area contributed by atoms with Gasteiger partial charge >= 0.3 is 0 Å². The van der Waals surface area contributed by atoms with E-state index >= 15 is 0 Å². The van der Waals surface area contributed by atoms with E-state index in [0.29, 0.717) is 0 Å². The van der Waals surface area contributed by atoms with E-state index in [-0.39, 0.29) is 0 Å². The van der Waals surface area contributed by atoms with Crippen LogP contribution in [-0.2, 0) is 0 Å². The first-order valence-electron chi connectivity index (χ1n) is 6.86. The van der Waals surface area contributed by atoms with Crippen molar-refractivity contribution >= 4 is 0 Å². The minimum Gasteiger partial charge on any atom is -0.252 e. The van der Waals surface area contributed by atoms with Crippen molar-refractivity contribution in [3.8, 4) is 0 Å². The number of nitrogens with one attached hydrogen (secondary N) is 1. The van der Waals surface area contributed by atoms with E-state index in [1.165, 1.54) is 64.5 Å². The molecule has 1 N–H and O–H groups in total. The Labute approximate surface area is 94.4 Å². The van der Waals surface area contributed by atoms with Gasteiger partial charge in [0, 0.05) is 19.1 Å². The van der Waals surface area contributed by atoms with E-state index in [9.17, 15) is 0 Å². The standard InChI is InChI=1S/C13H26N2/c1-12-6-5-7-13(9-8-12)14-15-10-3-2-4-11-15/h12-14H,2-11H2,1H3. The van der Waals surface area contributed by atoms with Gasteiger partial charge < -0.3 is 0 Å². The van der Waals surface area contributed by atoms with Crippen LogP contribution in [0.15, 0.2) is 0 Å². The fourth-order valence-corrected chi connectivity index (χ4v) is 2.90. The Hall–Kier alpha value is -0.0800. The van der Waals surface area contributed by atoms with E-state index < -0.39 is 0 Å². The summed E-state index contributed by atoms with van der Waals surface area (Å²) in [6.45, 7) is 4.95. The summed E-state index contributed by atoms with van der Waals surface area (Å²) < 4.78 is 0. The maximum Gasteiger partial charge on any atom is 0.0215 e. The van der Waals surface area contributed by atoms with Crippen LogP contribution >= 0.6 is 0 Å². The fourth-order valence-electron chi connectivity index (χ4n) is 2.90. The predicted molar refractivity (Wildman–Crippen MR) is 64.6 cm³/mol. The number of hydrogen-bond acceptors (Lipinski definition) is 2. The van der Waals surface area contributed by atoms with E-state index in [4.69, 9.17) is 0 Å². The van der Waals surface area contributed by atoms with Crippen LogP contribution in [0.4, 0.5) is 0 Å². The molecule has 2 nitrogen and oxygen atoms in total. The molecule has 0 aromatic heterocycles. The SMILES string of the molecule is CC1CCCC(NN2CCCCC2)CC1. The van der Waals surface area contributed by atoms with Crippen molar-refractivity contribution in [3.05, 3.63) is 0 Å². The molecular weight excluding hydrogens is 184 g/mol. The minimum absolute atomic E-state index is 0.771. The summed E-state index contributed by atoms with van der Waals surface area (Å²) in [6, 6.07) is 0.771. The Morgan fingerprint density at radius 1 is 0.867 bits per heavy atom. The van der Waals surface area contributed by atoms with Gasteiger partial charge in [0.2, 0.25) is 0 Å². The van der Waals surface area contributed by atoms with Crippen molar-refractivity contribution in [1.82, 2.24) is 10.4 Å². The van der Waals surface area contributed by atoms with E-state index in [0.717, 1.165) is 12.0 Å². The van der Waals surface area contributed by atoms with Crippen molar-refractivity contribution in [3.63, 3.8) is 0 Å². The summed E-state index contributed by atoms with van der Waals surface area (Å²) in [5, 5.41) is 2.48. The highest BCUT2D eigenvalue weighted by atomic mass is 15.5. The molecule has 0 aromatic carbocycles. The monoisotopic (exact) mass is 210 g/mol. The van der Waals surface area contributed by atoms with Crippen LogP contribution < -0.4 is 5.43 Å². The van der Waals surface area contributed by atoms with Gasteiger partial charge in [0.15, 0.2) is 0 Å². The number of rotatable bonds is 2. The molecule has 0 radical (unpaired) electrons. The highest BCUT2D eigenvalue weighted by Gasteiger charge is 2.19. The normalized spacial score (nSPS) is 35.0. The van der Waals surface area contributed by atoms with Gasteiger partial charge in [-0.2, -0.15) is 0 Å². The Morgan fingerprint density at radius 3 is 2.47 bits per heavy atom. The lowest BCUT2D eigenvalue weighted by Crippen LogP contribution is -2.47. The molecule has 1 saturated carbocycles. The lowest BCUT2D eigenvalue weighted by atomic mass is 10.0. The third-order valence-electron chi connectivity index (χ3n) is 3.98. The van der Waals surface area contributed by atoms with Gasteiger partial charge in [-0.1, -0.05) is 26.2 Å². The Bertz CT molecular complexity index is 175. The quantitative estimate of drug-likeness (QED) is 0.705. The zero-order chi connectivity index (χ0) is 10.5. The van der Waals surface area contributed by atoms with Gasteiger partial charge in [-0.3, -0.25) is 5.43 Å². The van der Waals surface area contributed by atoms with Crippen LogP contribution in [0.3, 0.4) is 0 Å². The van der Waals surface area contributed by atoms with Gasteiger partial charge in [-0.25, -0.2) is 5.01 Å². The molecule has 2 heteroatoms. The summed E-state index contributed by atoms with van der Waals surface area (Å²) >= 11 is 0. The molecule has 2 fully saturated rings. The van der Waals surface area contributed by atoms with Gasteiger partial charge in [0.1, 0.15) is 0 Å². The van der Waals surface area contributed by atoms with Crippen LogP contribution in [0.1, 0.15) is 58.3 Å². The second kappa shape index (κ2) is 5.86. The Balaban J connectivity index is 1.72. The molecule has 0 spiro atoms. The first kappa shape index (κ1) is 11.4. The maximum absolute atomic E-state index is 3.75. The molecule has 1 aliphatic heterocycles. The average molecular weight is 210 g/mol. The highest BCUT2D eigenvalue weighted by Crippen LogP contribution is 2.23. The smallest absolute Gasteiger partial charge is 0.0215 e. The van der Waals surface area contributed by atoms with Gasteiger partial charge in [0.05, 0.1) is 0 Å². The molecule has 2 unspecified atom stereocenters. The Morgan fingerprint density at radius 2 is 1.67 bits per heavy atom. The average Bonchev–Trinajstić information content (AvgIpc) is 2.46. The number of nitrogens with zero attached hydrogens (tertiary/aromatic N) is 1. The topological polar surface area (TPSA) is 15.3 Å². The fraction of sp³-hybridized carbons (Fsp3) is 1.00. The lowest BCUT2D eigenvalue weighted by molar-refractivity contribution is 0.122. The second-order valence-corrected chi connectivity index (χ2v) is 5.49. The maximum atomic E-state index is 3.75. The minimum atomic E-state index is 0.771. The molecule has 88 valence electrons. The molecule has 0 amide bonds. The second-order valence-electron chi connectivity index (χ2n) is 5.49. The van der Waals surface area contributed by atoms with Crippen LogP contribution in [-0.4, -0.2) is 24.1 Å². The van der Waals surface area contributed by atoms with Crippen molar-refractivity contribution in [2.45, 2.75) is 64.3 Å². The largest absolute Gasteiger partial charge is 0.252 e. The van der Waals surface area contributed by atoms with Crippen molar-refractivity contribution in [2.24, 2.45) is 5.92 Å². The molecule has 1 saturated heterocycles. The summed E-state index contributed by atoms with van der Waals surface area (Å²) in [7, 11) is 0. The zero-order valence-electron chi connectivity index (χ0n) is 10.2. The molecule has 0 aromatic rings. The summed E-state index contributed by atoms with van der Waals surface area (Å²) in [5.74, 6) is 0.957. The van der Waals surface area contributed by atoms with Crippen molar-refractivity contribution in [2.75, 3.05) is 13.1 Å². The van der Waals surface area contributed by atoms with E-state index in [1.807, 2.05) is 0 Å². The van der Waals surface area contributed by atoms with E-state index in [1.54, 1.807) is 0 Å². The molecule has 0 bridgehead atoms. The van der Waals surface area contributed by atoms with Crippen molar-refractivity contribution in [1.29, 1.82) is 0 Å². The van der Waals surface area contributed by atoms with Crippen LogP contribution in [0.5, 0.6) is 0 Å². The van der Waals surface area contributed by atoms with Gasteiger partial charge in [-0.05, 0) is 38.0 Å². The first-order chi connectivity index (χ1) is 7.34. The number of hydrazine groups is 1. The number of hydrogen-bond donors (Lipinski definition) is 1.